The molecule has 0 fully saturated rings. The summed E-state index contributed by atoms with van der Waals surface area (Å²) in [6.45, 7) is 0. The largest absolute Gasteiger partial charge is 0.457 e. The third-order valence-corrected chi connectivity index (χ3v) is 11.1. The van der Waals surface area contributed by atoms with E-state index >= 15 is 0 Å². The van der Waals surface area contributed by atoms with Crippen LogP contribution < -0.4 is 4.74 Å². The average molecular weight is 650 g/mol. The Balaban J connectivity index is 1.04. The van der Waals surface area contributed by atoms with E-state index in [1.807, 2.05) is 0 Å². The molecule has 1 aromatic heterocycles. The minimum atomic E-state index is -0.471. The van der Waals surface area contributed by atoms with Crippen molar-refractivity contribution < 1.29 is 4.74 Å². The van der Waals surface area contributed by atoms with Crippen LogP contribution in [0.25, 0.3) is 60.9 Å². The predicted molar refractivity (Wildman–Crippen MR) is 209 cm³/mol. The molecule has 2 aliphatic rings. The number of benzene rings is 8. The van der Waals surface area contributed by atoms with E-state index in [0.717, 1.165) is 11.5 Å². The molecule has 51 heavy (non-hydrogen) atoms. The Kier molecular flexibility index (Phi) is 5.91. The molecule has 1 spiro atoms. The summed E-state index contributed by atoms with van der Waals surface area (Å²) in [5.74, 6) is 1.82. The van der Waals surface area contributed by atoms with Gasteiger partial charge in [-0.05, 0) is 93.0 Å². The Morgan fingerprint density at radius 1 is 0.353 bits per heavy atom. The van der Waals surface area contributed by atoms with Crippen molar-refractivity contribution in [2.45, 2.75) is 5.41 Å². The van der Waals surface area contributed by atoms with Gasteiger partial charge in [0.05, 0.1) is 16.4 Å². The summed E-state index contributed by atoms with van der Waals surface area (Å²) < 4.78 is 9.02. The van der Waals surface area contributed by atoms with Crippen LogP contribution in [0.5, 0.6) is 11.5 Å². The highest BCUT2D eigenvalue weighted by molar-refractivity contribution is 6.10. The summed E-state index contributed by atoms with van der Waals surface area (Å²) in [6, 6.07) is 68.3. The highest BCUT2D eigenvalue weighted by Gasteiger charge is 2.50. The summed E-state index contributed by atoms with van der Waals surface area (Å²) in [7, 11) is 0. The maximum Gasteiger partial charge on any atom is 0.132 e. The minimum absolute atomic E-state index is 0.471. The first-order valence-electron chi connectivity index (χ1n) is 17.6. The summed E-state index contributed by atoms with van der Waals surface area (Å²) in [5, 5.41) is 2.52. The predicted octanol–water partition coefficient (Wildman–Crippen LogP) is 12.6. The van der Waals surface area contributed by atoms with E-state index < -0.39 is 5.41 Å². The molecule has 0 amide bonds. The second-order valence-electron chi connectivity index (χ2n) is 13.6. The van der Waals surface area contributed by atoms with Crippen molar-refractivity contribution in [2.24, 2.45) is 0 Å². The van der Waals surface area contributed by atoms with Crippen molar-refractivity contribution in [3.05, 3.63) is 210 Å². The fraction of sp³-hybridized carbons (Fsp3) is 0.0204. The summed E-state index contributed by atoms with van der Waals surface area (Å²) in [4.78, 5) is 0. The molecule has 0 radical (unpaired) electrons. The van der Waals surface area contributed by atoms with Crippen molar-refractivity contribution in [3.63, 3.8) is 0 Å². The maximum absolute atomic E-state index is 6.66. The number of nitrogens with zero attached hydrogens (tertiary/aromatic N) is 1. The first-order chi connectivity index (χ1) is 25.3. The molecule has 0 saturated heterocycles. The number of rotatable bonds is 3. The fourth-order valence-corrected chi connectivity index (χ4v) is 8.90. The monoisotopic (exact) mass is 649 g/mol. The van der Waals surface area contributed by atoms with Crippen molar-refractivity contribution in [1.29, 1.82) is 0 Å². The van der Waals surface area contributed by atoms with E-state index in [9.17, 15) is 0 Å². The summed E-state index contributed by atoms with van der Waals surface area (Å²) in [6.07, 6.45) is 0. The molecule has 9 aromatic rings. The Morgan fingerprint density at radius 3 is 1.63 bits per heavy atom. The standard InChI is InChI=1S/C49H31NO/c1-2-12-36(13-3-1)50-45-20-10-6-16-39(45)40-30-34(26-28-46(40)50)32-22-24-33(25-23-32)35-27-29-48-44(31-35)49(43-19-9-11-21-47(43)51-48)41-17-7-4-14-37(41)38-15-5-8-18-42(38)49/h1-31H. The molecule has 0 atom stereocenters. The zero-order chi connectivity index (χ0) is 33.5. The van der Waals surface area contributed by atoms with Gasteiger partial charge in [-0.25, -0.2) is 0 Å². The van der Waals surface area contributed by atoms with Crippen molar-refractivity contribution in [2.75, 3.05) is 0 Å². The van der Waals surface area contributed by atoms with Gasteiger partial charge in [0.1, 0.15) is 11.5 Å². The van der Waals surface area contributed by atoms with Gasteiger partial charge in [0.2, 0.25) is 0 Å². The number of hydrogen-bond acceptors (Lipinski definition) is 1. The molecular formula is C49H31NO. The topological polar surface area (TPSA) is 14.2 Å². The van der Waals surface area contributed by atoms with Crippen LogP contribution in [0.3, 0.4) is 0 Å². The van der Waals surface area contributed by atoms with Gasteiger partial charge in [0.15, 0.2) is 0 Å². The molecular weight excluding hydrogens is 619 g/mol. The molecule has 0 bridgehead atoms. The van der Waals surface area contributed by atoms with Crippen LogP contribution in [-0.4, -0.2) is 4.57 Å². The SMILES string of the molecule is c1ccc(-n2c3ccccc3c3cc(-c4ccc(-c5ccc6c(c5)C5(c7ccccc7O6)c6ccccc6-c6ccccc65)cc4)ccc32)cc1. The molecule has 0 saturated carbocycles. The van der Waals surface area contributed by atoms with Crippen molar-refractivity contribution in [1.82, 2.24) is 4.57 Å². The Labute approximate surface area is 296 Å². The number of ether oxygens (including phenoxy) is 1. The van der Waals surface area contributed by atoms with Crippen molar-refractivity contribution >= 4 is 21.8 Å². The zero-order valence-electron chi connectivity index (χ0n) is 27.8. The molecule has 2 heteroatoms. The van der Waals surface area contributed by atoms with Gasteiger partial charge in [-0.15, -0.1) is 0 Å². The third kappa shape index (κ3) is 3.93. The van der Waals surface area contributed by atoms with Gasteiger partial charge in [0, 0.05) is 27.6 Å². The number of para-hydroxylation sites is 3. The normalized spacial score (nSPS) is 13.4. The quantitative estimate of drug-likeness (QED) is 0.186. The highest BCUT2D eigenvalue weighted by Crippen LogP contribution is 2.62. The first-order valence-corrected chi connectivity index (χ1v) is 17.6. The van der Waals surface area contributed by atoms with Crippen LogP contribution in [0.15, 0.2) is 188 Å². The van der Waals surface area contributed by atoms with Crippen LogP contribution >= 0.6 is 0 Å². The van der Waals surface area contributed by atoms with Gasteiger partial charge >= 0.3 is 0 Å². The maximum atomic E-state index is 6.66. The van der Waals surface area contributed by atoms with Gasteiger partial charge in [0.25, 0.3) is 0 Å². The molecule has 1 aliphatic heterocycles. The molecule has 0 unspecified atom stereocenters. The Morgan fingerprint density at radius 2 is 0.882 bits per heavy atom. The number of aromatic nitrogens is 1. The van der Waals surface area contributed by atoms with Crippen LogP contribution in [0, 0.1) is 0 Å². The summed E-state index contributed by atoms with van der Waals surface area (Å²) in [5.41, 5.74) is 15.4. The molecule has 11 rings (SSSR count). The minimum Gasteiger partial charge on any atom is -0.457 e. The van der Waals surface area contributed by atoms with Gasteiger partial charge in [-0.2, -0.15) is 0 Å². The average Bonchev–Trinajstić information content (AvgIpc) is 3.69. The Bertz CT molecular complexity index is 2780. The molecule has 2 heterocycles. The molecule has 8 aromatic carbocycles. The van der Waals surface area contributed by atoms with Gasteiger partial charge in [-0.1, -0.05) is 140 Å². The molecule has 0 N–H and O–H groups in total. The van der Waals surface area contributed by atoms with E-state index in [1.165, 1.54) is 83.1 Å². The number of hydrogen-bond donors (Lipinski definition) is 0. The second kappa shape index (κ2) is 10.7. The van der Waals surface area contributed by atoms with Gasteiger partial charge in [-0.3, -0.25) is 0 Å². The van der Waals surface area contributed by atoms with Crippen molar-refractivity contribution in [3.8, 4) is 50.6 Å². The lowest BCUT2D eigenvalue weighted by atomic mass is 9.66. The van der Waals surface area contributed by atoms with E-state index in [4.69, 9.17) is 4.74 Å². The lowest BCUT2D eigenvalue weighted by molar-refractivity contribution is 0.436. The van der Waals surface area contributed by atoms with E-state index in [1.54, 1.807) is 0 Å². The molecule has 1 aliphatic carbocycles. The fourth-order valence-electron chi connectivity index (χ4n) is 8.90. The van der Waals surface area contributed by atoms with Crippen LogP contribution in [0.1, 0.15) is 22.3 Å². The first kappa shape index (κ1) is 28.2. The highest BCUT2D eigenvalue weighted by atomic mass is 16.5. The Hall–Kier alpha value is -6.64. The van der Waals surface area contributed by atoms with E-state index in [-0.39, 0.29) is 0 Å². The van der Waals surface area contributed by atoms with E-state index in [2.05, 4.69) is 193 Å². The van der Waals surface area contributed by atoms with Gasteiger partial charge < -0.3 is 9.30 Å². The zero-order valence-corrected chi connectivity index (χ0v) is 27.8. The van der Waals surface area contributed by atoms with Crippen LogP contribution in [0.2, 0.25) is 0 Å². The van der Waals surface area contributed by atoms with Crippen LogP contribution in [0.4, 0.5) is 0 Å². The third-order valence-electron chi connectivity index (χ3n) is 11.1. The second-order valence-corrected chi connectivity index (χ2v) is 13.6. The summed E-state index contributed by atoms with van der Waals surface area (Å²) >= 11 is 0. The molecule has 238 valence electrons. The lowest BCUT2D eigenvalue weighted by Crippen LogP contribution is -2.32. The van der Waals surface area contributed by atoms with E-state index in [0.29, 0.717) is 0 Å². The number of fused-ring (bicyclic) bond motifs is 12. The molecule has 2 nitrogen and oxygen atoms in total. The lowest BCUT2D eigenvalue weighted by Gasteiger charge is -2.39. The van der Waals surface area contributed by atoms with Crippen LogP contribution in [-0.2, 0) is 5.41 Å². The smallest absolute Gasteiger partial charge is 0.132 e.